The molecule has 1 amide bonds. The first-order valence-corrected chi connectivity index (χ1v) is 8.14. The first kappa shape index (κ1) is 21.8. The van der Waals surface area contributed by atoms with Crippen LogP contribution in [-0.2, 0) is 26.9 Å². The minimum absolute atomic E-state index is 0.0249. The number of nitrogens with one attached hydrogen (secondary N) is 1. The van der Waals surface area contributed by atoms with E-state index in [4.69, 9.17) is 9.47 Å². The highest BCUT2D eigenvalue weighted by atomic mass is 19.4. The summed E-state index contributed by atoms with van der Waals surface area (Å²) >= 11 is 0. The largest absolute Gasteiger partial charge is 0.461 e. The highest BCUT2D eigenvalue weighted by Crippen LogP contribution is 2.29. The normalized spacial score (nSPS) is 13.3. The van der Waals surface area contributed by atoms with Gasteiger partial charge in [-0.2, -0.15) is 13.2 Å². The van der Waals surface area contributed by atoms with Gasteiger partial charge in [-0.05, 0) is 52.3 Å². The number of hydrogen-bond donors (Lipinski definition) is 1. The van der Waals surface area contributed by atoms with Crippen LogP contribution in [0.4, 0.5) is 18.0 Å². The third-order valence-electron chi connectivity index (χ3n) is 3.05. The van der Waals surface area contributed by atoms with Crippen LogP contribution in [0.25, 0.3) is 0 Å². The minimum Gasteiger partial charge on any atom is -0.461 e. The molecule has 0 aliphatic rings. The maximum absolute atomic E-state index is 12.6. The summed E-state index contributed by atoms with van der Waals surface area (Å²) < 4.78 is 48.1. The van der Waals surface area contributed by atoms with Crippen molar-refractivity contribution in [2.45, 2.75) is 65.0 Å². The van der Waals surface area contributed by atoms with E-state index in [9.17, 15) is 22.8 Å². The van der Waals surface area contributed by atoms with Gasteiger partial charge in [0.05, 0.1) is 11.7 Å². The Kier molecular flexibility index (Phi) is 7.06. The van der Waals surface area contributed by atoms with Gasteiger partial charge in [-0.15, -0.1) is 0 Å². The molecule has 0 aromatic heterocycles. The Balaban J connectivity index is 2.91. The van der Waals surface area contributed by atoms with Gasteiger partial charge in [0.15, 0.2) is 0 Å². The lowest BCUT2D eigenvalue weighted by molar-refractivity contribution is -0.150. The molecule has 0 bridgehead atoms. The topological polar surface area (TPSA) is 64.6 Å². The molecule has 0 fully saturated rings. The van der Waals surface area contributed by atoms with Gasteiger partial charge in [0.1, 0.15) is 11.6 Å². The first-order valence-electron chi connectivity index (χ1n) is 8.14. The van der Waals surface area contributed by atoms with Crippen LogP contribution in [-0.4, -0.2) is 29.8 Å². The van der Waals surface area contributed by atoms with Crippen molar-refractivity contribution in [3.8, 4) is 0 Å². The summed E-state index contributed by atoms with van der Waals surface area (Å²) in [5.41, 5.74) is -1.10. The van der Waals surface area contributed by atoms with Gasteiger partial charge in [0.25, 0.3) is 0 Å². The molecule has 5 nitrogen and oxygen atoms in total. The van der Waals surface area contributed by atoms with Crippen molar-refractivity contribution in [3.63, 3.8) is 0 Å². The first-order chi connectivity index (χ1) is 11.8. The van der Waals surface area contributed by atoms with Crippen LogP contribution in [0.1, 0.15) is 45.7 Å². The van der Waals surface area contributed by atoms with E-state index in [1.54, 1.807) is 34.6 Å². The Morgan fingerprint density at radius 1 is 1.08 bits per heavy atom. The van der Waals surface area contributed by atoms with Crippen molar-refractivity contribution in [1.29, 1.82) is 0 Å². The summed E-state index contributed by atoms with van der Waals surface area (Å²) in [7, 11) is 0. The third kappa shape index (κ3) is 7.76. The molecule has 8 heteroatoms. The maximum Gasteiger partial charge on any atom is 0.416 e. The molecule has 1 atom stereocenters. The summed E-state index contributed by atoms with van der Waals surface area (Å²) in [5.74, 6) is -0.689. The molecule has 0 aliphatic carbocycles. The Hall–Kier alpha value is -2.25. The Labute approximate surface area is 150 Å². The fourth-order valence-electron chi connectivity index (χ4n) is 2.02. The summed E-state index contributed by atoms with van der Waals surface area (Å²) in [4.78, 5) is 24.2. The van der Waals surface area contributed by atoms with E-state index in [1.165, 1.54) is 12.1 Å². The fourth-order valence-corrected chi connectivity index (χ4v) is 2.02. The Morgan fingerprint density at radius 3 is 2.04 bits per heavy atom. The molecular weight excluding hydrogens is 351 g/mol. The van der Waals surface area contributed by atoms with E-state index in [2.05, 4.69) is 5.32 Å². The SMILES string of the molecule is CC(C)OC(=O)[C@@H](Cc1ccc(C(F)(F)F)cc1)NC(=O)OC(C)(C)C. The molecule has 1 aromatic rings. The van der Waals surface area contributed by atoms with Gasteiger partial charge in [-0.25, -0.2) is 9.59 Å². The molecule has 0 aliphatic heterocycles. The van der Waals surface area contributed by atoms with E-state index in [-0.39, 0.29) is 6.42 Å². The average molecular weight is 375 g/mol. The van der Waals surface area contributed by atoms with E-state index >= 15 is 0 Å². The summed E-state index contributed by atoms with van der Waals surface area (Å²) in [6.07, 6.45) is -5.68. The third-order valence-corrected chi connectivity index (χ3v) is 3.05. The number of carbonyl (C=O) groups is 2. The standard InChI is InChI=1S/C18H24F3NO4/c1-11(2)25-15(23)14(22-16(24)26-17(3,4)5)10-12-6-8-13(9-7-12)18(19,20)21/h6-9,11,14H,10H2,1-5H3,(H,22,24)/t14-/m1/s1. The van der Waals surface area contributed by atoms with Crippen LogP contribution in [0, 0.1) is 0 Å². The van der Waals surface area contributed by atoms with Crippen molar-refractivity contribution in [2.24, 2.45) is 0 Å². The molecule has 0 saturated carbocycles. The monoisotopic (exact) mass is 375 g/mol. The van der Waals surface area contributed by atoms with Crippen LogP contribution in [0.5, 0.6) is 0 Å². The smallest absolute Gasteiger partial charge is 0.416 e. The van der Waals surface area contributed by atoms with Crippen molar-refractivity contribution in [2.75, 3.05) is 0 Å². The van der Waals surface area contributed by atoms with Crippen molar-refractivity contribution >= 4 is 12.1 Å². The van der Waals surface area contributed by atoms with Gasteiger partial charge in [0, 0.05) is 6.42 Å². The average Bonchev–Trinajstić information content (AvgIpc) is 2.43. The van der Waals surface area contributed by atoms with E-state index in [0.29, 0.717) is 5.56 Å². The summed E-state index contributed by atoms with van der Waals surface area (Å²) in [6, 6.07) is 3.29. The number of benzene rings is 1. The molecule has 1 N–H and O–H groups in total. The second-order valence-corrected chi connectivity index (χ2v) is 7.08. The number of hydrogen-bond acceptors (Lipinski definition) is 4. The zero-order valence-electron chi connectivity index (χ0n) is 15.4. The summed E-state index contributed by atoms with van der Waals surface area (Å²) in [6.45, 7) is 8.32. The van der Waals surface area contributed by atoms with Gasteiger partial charge in [0.2, 0.25) is 0 Å². The number of amides is 1. The molecule has 26 heavy (non-hydrogen) atoms. The van der Waals surface area contributed by atoms with Crippen LogP contribution < -0.4 is 5.32 Å². The molecule has 1 rings (SSSR count). The number of carbonyl (C=O) groups excluding carboxylic acids is 2. The Morgan fingerprint density at radius 2 is 1.62 bits per heavy atom. The fraction of sp³-hybridized carbons (Fsp3) is 0.556. The molecule has 0 unspecified atom stereocenters. The van der Waals surface area contributed by atoms with Crippen LogP contribution in [0.2, 0.25) is 0 Å². The van der Waals surface area contributed by atoms with Crippen molar-refractivity contribution < 1.29 is 32.2 Å². The molecule has 146 valence electrons. The minimum atomic E-state index is -4.44. The molecule has 1 aromatic carbocycles. The van der Waals surface area contributed by atoms with Crippen LogP contribution in [0.15, 0.2) is 24.3 Å². The lowest BCUT2D eigenvalue weighted by Gasteiger charge is -2.23. The lowest BCUT2D eigenvalue weighted by atomic mass is 10.0. The molecular formula is C18H24F3NO4. The second kappa shape index (κ2) is 8.42. The summed E-state index contributed by atoms with van der Waals surface area (Å²) in [5, 5.41) is 2.41. The van der Waals surface area contributed by atoms with Gasteiger partial charge >= 0.3 is 18.2 Å². The van der Waals surface area contributed by atoms with Crippen molar-refractivity contribution in [3.05, 3.63) is 35.4 Å². The highest BCUT2D eigenvalue weighted by molar-refractivity contribution is 5.81. The molecule has 0 radical (unpaired) electrons. The zero-order chi connectivity index (χ0) is 20.1. The molecule has 0 saturated heterocycles. The van der Waals surface area contributed by atoms with Crippen molar-refractivity contribution in [1.82, 2.24) is 5.32 Å². The predicted molar refractivity (Wildman–Crippen MR) is 89.5 cm³/mol. The number of esters is 1. The van der Waals surface area contributed by atoms with E-state index in [0.717, 1.165) is 12.1 Å². The van der Waals surface area contributed by atoms with Crippen LogP contribution in [0.3, 0.4) is 0 Å². The van der Waals surface area contributed by atoms with Gasteiger partial charge in [-0.3, -0.25) is 0 Å². The number of rotatable bonds is 5. The molecule has 0 heterocycles. The second-order valence-electron chi connectivity index (χ2n) is 7.08. The maximum atomic E-state index is 12.6. The number of ether oxygens (including phenoxy) is 2. The number of halogens is 3. The Bertz CT molecular complexity index is 619. The predicted octanol–water partition coefficient (Wildman–Crippen LogP) is 4.09. The molecule has 0 spiro atoms. The number of alkyl halides is 3. The van der Waals surface area contributed by atoms with Gasteiger partial charge < -0.3 is 14.8 Å². The highest BCUT2D eigenvalue weighted by Gasteiger charge is 2.31. The number of alkyl carbamates (subject to hydrolysis) is 1. The van der Waals surface area contributed by atoms with E-state index < -0.39 is 41.5 Å². The lowest BCUT2D eigenvalue weighted by Crippen LogP contribution is -2.46. The van der Waals surface area contributed by atoms with Crippen LogP contribution >= 0.6 is 0 Å². The zero-order valence-corrected chi connectivity index (χ0v) is 15.4. The quantitative estimate of drug-likeness (QED) is 0.787. The van der Waals surface area contributed by atoms with Gasteiger partial charge in [-0.1, -0.05) is 12.1 Å². The van der Waals surface area contributed by atoms with E-state index in [1.807, 2.05) is 0 Å².